The van der Waals surface area contributed by atoms with E-state index in [4.69, 9.17) is 0 Å². The van der Waals surface area contributed by atoms with Crippen LogP contribution in [-0.2, 0) is 4.79 Å². The summed E-state index contributed by atoms with van der Waals surface area (Å²) < 4.78 is 13.2. The van der Waals surface area contributed by atoms with Crippen LogP contribution in [0.2, 0.25) is 0 Å². The smallest absolute Gasteiger partial charge is 0.272 e. The summed E-state index contributed by atoms with van der Waals surface area (Å²) in [5.74, 6) is -1.34. The zero-order valence-corrected chi connectivity index (χ0v) is 17.6. The number of halogens is 1. The second kappa shape index (κ2) is 8.60. The van der Waals surface area contributed by atoms with Gasteiger partial charge in [-0.2, -0.15) is 0 Å². The zero-order chi connectivity index (χ0) is 22.8. The number of carbonyl (C=O) groups is 2. The van der Waals surface area contributed by atoms with E-state index in [1.54, 1.807) is 18.2 Å². The molecule has 2 aromatic carbocycles. The molecule has 0 aliphatic rings. The highest BCUT2D eigenvalue weighted by atomic mass is 32.1. The van der Waals surface area contributed by atoms with Crippen molar-refractivity contribution in [3.05, 3.63) is 85.5 Å². The summed E-state index contributed by atoms with van der Waals surface area (Å²) in [5, 5.41) is 9.72. The molecule has 4 aromatic rings. The normalized spacial score (nSPS) is 10.8. The fourth-order valence-corrected chi connectivity index (χ4v) is 4.35. The Hall–Kier alpha value is -4.05. The molecule has 2 heterocycles. The van der Waals surface area contributed by atoms with Crippen molar-refractivity contribution in [2.24, 2.45) is 0 Å². The fraction of sp³-hybridized carbons (Fsp3) is 0.0909. The van der Waals surface area contributed by atoms with Gasteiger partial charge in [0.2, 0.25) is 5.91 Å². The van der Waals surface area contributed by atoms with Crippen LogP contribution in [0.3, 0.4) is 0 Å². The number of anilines is 1. The maximum atomic E-state index is 13.2. The van der Waals surface area contributed by atoms with Crippen molar-refractivity contribution in [2.75, 3.05) is 11.9 Å². The summed E-state index contributed by atoms with van der Waals surface area (Å²) in [6.07, 6.45) is 0. The molecule has 0 unspecified atom stereocenters. The predicted octanol–water partition coefficient (Wildman–Crippen LogP) is 2.76. The lowest BCUT2D eigenvalue weighted by Gasteiger charge is -2.08. The van der Waals surface area contributed by atoms with Gasteiger partial charge in [0.05, 0.1) is 27.9 Å². The third-order valence-corrected chi connectivity index (χ3v) is 6.04. The summed E-state index contributed by atoms with van der Waals surface area (Å²) >= 11 is 1.24. The van der Waals surface area contributed by atoms with Crippen LogP contribution in [0.5, 0.6) is 0 Å². The minimum absolute atomic E-state index is 0.0498. The Morgan fingerprint density at radius 2 is 1.75 bits per heavy atom. The van der Waals surface area contributed by atoms with Crippen LogP contribution in [0.1, 0.15) is 15.2 Å². The summed E-state index contributed by atoms with van der Waals surface area (Å²) in [5.41, 5.74) is 0.772. The summed E-state index contributed by atoms with van der Waals surface area (Å²) in [6.45, 7) is 1.51. The van der Waals surface area contributed by atoms with Crippen molar-refractivity contribution in [1.29, 1.82) is 0 Å². The minimum atomic E-state index is -0.558. The van der Waals surface area contributed by atoms with E-state index in [1.807, 2.05) is 6.92 Å². The molecule has 0 spiro atoms. The highest BCUT2D eigenvalue weighted by Gasteiger charge is 2.16. The number of aromatic nitrogens is 2. The van der Waals surface area contributed by atoms with Crippen LogP contribution < -0.4 is 21.8 Å². The van der Waals surface area contributed by atoms with Crippen LogP contribution in [0.15, 0.2) is 58.1 Å². The van der Waals surface area contributed by atoms with Gasteiger partial charge < -0.3 is 10.6 Å². The number of H-pyrrole nitrogens is 2. The molecule has 0 bridgehead atoms. The van der Waals surface area contributed by atoms with Gasteiger partial charge in [0.1, 0.15) is 5.82 Å². The van der Waals surface area contributed by atoms with Crippen molar-refractivity contribution in [3.8, 4) is 10.4 Å². The van der Waals surface area contributed by atoms with Crippen LogP contribution in [0.4, 0.5) is 10.1 Å². The van der Waals surface area contributed by atoms with E-state index in [0.717, 1.165) is 16.0 Å². The van der Waals surface area contributed by atoms with Gasteiger partial charge in [0.25, 0.3) is 17.0 Å². The second-order valence-electron chi connectivity index (χ2n) is 7.00. The lowest BCUT2D eigenvalue weighted by atomic mass is 10.1. The van der Waals surface area contributed by atoms with Crippen molar-refractivity contribution >= 4 is 39.6 Å². The van der Waals surface area contributed by atoms with Gasteiger partial charge in [-0.15, -0.1) is 11.3 Å². The number of rotatable bonds is 5. The van der Waals surface area contributed by atoms with E-state index in [0.29, 0.717) is 4.88 Å². The Labute approximate surface area is 184 Å². The molecule has 10 heteroatoms. The minimum Gasteiger partial charge on any atom is -0.342 e. The number of thiophene rings is 1. The number of carbonyl (C=O) groups excluding carboxylic acids is 2. The lowest BCUT2D eigenvalue weighted by Crippen LogP contribution is -2.32. The van der Waals surface area contributed by atoms with Crippen molar-refractivity contribution < 1.29 is 14.0 Å². The van der Waals surface area contributed by atoms with Gasteiger partial charge in [-0.3, -0.25) is 29.4 Å². The van der Waals surface area contributed by atoms with E-state index >= 15 is 0 Å². The first-order valence-electron chi connectivity index (χ1n) is 9.51. The molecule has 0 saturated carbocycles. The Bertz CT molecular complexity index is 1450. The molecule has 4 N–H and O–H groups in total. The molecule has 4 rings (SSSR count). The van der Waals surface area contributed by atoms with Gasteiger partial charge in [-0.1, -0.05) is 18.2 Å². The number of fused-ring (bicyclic) bond motifs is 1. The molecule has 0 atom stereocenters. The van der Waals surface area contributed by atoms with Crippen molar-refractivity contribution in [1.82, 2.24) is 15.5 Å². The molecule has 0 saturated heterocycles. The third kappa shape index (κ3) is 4.21. The molecule has 32 heavy (non-hydrogen) atoms. The standard InChI is InChI=1S/C22H17FN4O4S/c1-11-9-16(32-19(11)12-5-7-13(23)8-6-12)21(30)24-10-17(28)25-15-4-2-3-14-18(15)22(31)27-26-20(14)29/h2-9H,10H2,1H3,(H,24,30)(H,25,28)(H,26,29)(H,27,31). The number of nitrogens with one attached hydrogen (secondary N) is 4. The topological polar surface area (TPSA) is 124 Å². The third-order valence-electron chi connectivity index (χ3n) is 4.76. The van der Waals surface area contributed by atoms with Gasteiger partial charge in [0.15, 0.2) is 0 Å². The summed E-state index contributed by atoms with van der Waals surface area (Å²) in [6, 6.07) is 12.2. The number of hydrogen-bond donors (Lipinski definition) is 4. The van der Waals surface area contributed by atoms with Crippen LogP contribution in [0.25, 0.3) is 21.2 Å². The van der Waals surface area contributed by atoms with Crippen molar-refractivity contribution in [2.45, 2.75) is 6.92 Å². The first-order chi connectivity index (χ1) is 15.3. The van der Waals surface area contributed by atoms with Crippen LogP contribution >= 0.6 is 11.3 Å². The fourth-order valence-electron chi connectivity index (χ4n) is 3.26. The highest BCUT2D eigenvalue weighted by Crippen LogP contribution is 2.32. The molecule has 162 valence electrons. The summed E-state index contributed by atoms with van der Waals surface area (Å²) in [4.78, 5) is 50.1. The van der Waals surface area contributed by atoms with E-state index in [9.17, 15) is 23.6 Å². The average Bonchev–Trinajstić information content (AvgIpc) is 3.17. The quantitative estimate of drug-likeness (QED) is 0.372. The zero-order valence-electron chi connectivity index (χ0n) is 16.7. The Morgan fingerprint density at radius 3 is 2.50 bits per heavy atom. The van der Waals surface area contributed by atoms with E-state index in [1.165, 1.54) is 41.7 Å². The van der Waals surface area contributed by atoms with Gasteiger partial charge in [-0.05, 0) is 48.4 Å². The number of hydrogen-bond acceptors (Lipinski definition) is 5. The van der Waals surface area contributed by atoms with Crippen LogP contribution in [0, 0.1) is 12.7 Å². The predicted molar refractivity (Wildman–Crippen MR) is 121 cm³/mol. The van der Waals surface area contributed by atoms with Gasteiger partial charge in [-0.25, -0.2) is 4.39 Å². The first-order valence-corrected chi connectivity index (χ1v) is 10.3. The number of aryl methyl sites for hydroxylation is 1. The SMILES string of the molecule is Cc1cc(C(=O)NCC(=O)Nc2cccc3c(=O)[nH][nH]c(=O)c23)sc1-c1ccc(F)cc1. The Kier molecular flexibility index (Phi) is 5.69. The first kappa shape index (κ1) is 21.2. The number of benzene rings is 2. The molecule has 0 radical (unpaired) electrons. The number of aromatic amines is 2. The van der Waals surface area contributed by atoms with E-state index in [2.05, 4.69) is 20.8 Å². The van der Waals surface area contributed by atoms with E-state index < -0.39 is 22.9 Å². The Balaban J connectivity index is 1.46. The maximum Gasteiger partial charge on any atom is 0.272 e. The number of amides is 2. The average molecular weight is 452 g/mol. The molecule has 8 nitrogen and oxygen atoms in total. The second-order valence-corrected chi connectivity index (χ2v) is 8.05. The summed E-state index contributed by atoms with van der Waals surface area (Å²) in [7, 11) is 0. The molecule has 0 aliphatic heterocycles. The van der Waals surface area contributed by atoms with Gasteiger partial charge in [0, 0.05) is 4.88 Å². The molecule has 0 aliphatic carbocycles. The largest absolute Gasteiger partial charge is 0.342 e. The Morgan fingerprint density at radius 1 is 1.03 bits per heavy atom. The van der Waals surface area contributed by atoms with Crippen molar-refractivity contribution in [3.63, 3.8) is 0 Å². The monoisotopic (exact) mass is 452 g/mol. The molecular weight excluding hydrogens is 435 g/mol. The lowest BCUT2D eigenvalue weighted by molar-refractivity contribution is -0.115. The maximum absolute atomic E-state index is 13.2. The van der Waals surface area contributed by atoms with E-state index in [-0.39, 0.29) is 28.8 Å². The molecular formula is C22H17FN4O4S. The molecule has 2 aromatic heterocycles. The highest BCUT2D eigenvalue weighted by molar-refractivity contribution is 7.17. The molecule has 2 amide bonds. The van der Waals surface area contributed by atoms with Gasteiger partial charge >= 0.3 is 0 Å². The van der Waals surface area contributed by atoms with Crippen LogP contribution in [-0.4, -0.2) is 28.6 Å². The molecule has 0 fully saturated rings.